The van der Waals surface area contributed by atoms with Crippen molar-refractivity contribution in [3.05, 3.63) is 36.2 Å². The van der Waals surface area contributed by atoms with E-state index in [1.165, 1.54) is 6.33 Å². The standard InChI is InChI=1S/C12H14N2O2S2/c1-3-14-8-13-11(12(14)17)18(15,16)10-6-4-9(2)5-7-10/h4-8,17H,3H2,1-2H3. The Hall–Kier alpha value is -1.27. The first-order chi connectivity index (χ1) is 8.46. The van der Waals surface area contributed by atoms with Gasteiger partial charge in [0, 0.05) is 6.54 Å². The molecule has 0 saturated carbocycles. The van der Waals surface area contributed by atoms with Gasteiger partial charge in [-0.2, -0.15) is 0 Å². The molecule has 0 unspecified atom stereocenters. The Labute approximate surface area is 112 Å². The fraction of sp³-hybridized carbons (Fsp3) is 0.250. The fourth-order valence-corrected chi connectivity index (χ4v) is 3.48. The first-order valence-corrected chi connectivity index (χ1v) is 7.45. The summed E-state index contributed by atoms with van der Waals surface area (Å²) in [5.74, 6) is 0. The van der Waals surface area contributed by atoms with Crippen LogP contribution in [0.2, 0.25) is 0 Å². The van der Waals surface area contributed by atoms with Crippen LogP contribution in [0.25, 0.3) is 0 Å². The van der Waals surface area contributed by atoms with Crippen molar-refractivity contribution in [2.24, 2.45) is 0 Å². The molecule has 0 radical (unpaired) electrons. The second kappa shape index (κ2) is 4.78. The zero-order valence-electron chi connectivity index (χ0n) is 10.2. The summed E-state index contributed by atoms with van der Waals surface area (Å²) in [6.07, 6.45) is 1.49. The van der Waals surface area contributed by atoms with Crippen LogP contribution in [0.5, 0.6) is 0 Å². The van der Waals surface area contributed by atoms with Gasteiger partial charge in [-0.25, -0.2) is 13.4 Å². The Kier molecular flexibility index (Phi) is 3.49. The van der Waals surface area contributed by atoms with Crippen LogP contribution in [0.1, 0.15) is 12.5 Å². The predicted octanol–water partition coefficient (Wildman–Crippen LogP) is 2.33. The van der Waals surface area contributed by atoms with Gasteiger partial charge in [0.05, 0.1) is 11.2 Å². The van der Waals surface area contributed by atoms with Crippen LogP contribution >= 0.6 is 12.6 Å². The van der Waals surface area contributed by atoms with Crippen molar-refractivity contribution in [2.75, 3.05) is 0 Å². The molecule has 18 heavy (non-hydrogen) atoms. The van der Waals surface area contributed by atoms with Gasteiger partial charge in [-0.05, 0) is 26.0 Å². The topological polar surface area (TPSA) is 52.0 Å². The number of aromatic nitrogens is 2. The number of benzene rings is 1. The van der Waals surface area contributed by atoms with Crippen LogP contribution < -0.4 is 0 Å². The molecule has 4 nitrogen and oxygen atoms in total. The maximum absolute atomic E-state index is 12.4. The van der Waals surface area contributed by atoms with Gasteiger partial charge in [0.15, 0.2) is 5.03 Å². The highest BCUT2D eigenvalue weighted by molar-refractivity contribution is 7.92. The van der Waals surface area contributed by atoms with Gasteiger partial charge in [0.1, 0.15) is 5.03 Å². The normalized spacial score (nSPS) is 11.7. The summed E-state index contributed by atoms with van der Waals surface area (Å²) in [5, 5.41) is 0.384. The zero-order valence-corrected chi connectivity index (χ0v) is 11.9. The van der Waals surface area contributed by atoms with Crippen LogP contribution in [-0.4, -0.2) is 18.0 Å². The summed E-state index contributed by atoms with van der Waals surface area (Å²) in [7, 11) is -3.58. The van der Waals surface area contributed by atoms with E-state index in [1.54, 1.807) is 28.8 Å². The molecule has 6 heteroatoms. The van der Waals surface area contributed by atoms with E-state index in [0.29, 0.717) is 11.6 Å². The van der Waals surface area contributed by atoms with Crippen molar-refractivity contribution in [2.45, 2.75) is 35.3 Å². The first-order valence-electron chi connectivity index (χ1n) is 5.52. The molecule has 1 aromatic heterocycles. The Morgan fingerprint density at radius 2 is 1.89 bits per heavy atom. The van der Waals surface area contributed by atoms with Crippen molar-refractivity contribution in [3.63, 3.8) is 0 Å². The number of imidazole rings is 1. The lowest BCUT2D eigenvalue weighted by Gasteiger charge is -2.04. The highest BCUT2D eigenvalue weighted by Crippen LogP contribution is 2.25. The minimum atomic E-state index is -3.58. The van der Waals surface area contributed by atoms with Crippen molar-refractivity contribution < 1.29 is 8.42 Å². The number of sulfone groups is 1. The number of nitrogens with zero attached hydrogens (tertiary/aromatic N) is 2. The van der Waals surface area contributed by atoms with Crippen LogP contribution in [0.15, 0.2) is 45.5 Å². The number of rotatable bonds is 3. The van der Waals surface area contributed by atoms with Gasteiger partial charge in [0.2, 0.25) is 9.84 Å². The average molecular weight is 282 g/mol. The molecule has 2 rings (SSSR count). The van der Waals surface area contributed by atoms with Crippen LogP contribution in [-0.2, 0) is 16.4 Å². The Balaban J connectivity index is 2.54. The van der Waals surface area contributed by atoms with E-state index in [-0.39, 0.29) is 9.92 Å². The van der Waals surface area contributed by atoms with Gasteiger partial charge in [-0.3, -0.25) is 0 Å². The average Bonchev–Trinajstić information content (AvgIpc) is 2.71. The van der Waals surface area contributed by atoms with Crippen LogP contribution in [0, 0.1) is 6.92 Å². The third-order valence-electron chi connectivity index (χ3n) is 2.70. The number of aryl methyl sites for hydroxylation is 2. The molecule has 0 spiro atoms. The smallest absolute Gasteiger partial charge is 0.226 e. The van der Waals surface area contributed by atoms with E-state index in [0.717, 1.165) is 5.56 Å². The highest BCUT2D eigenvalue weighted by Gasteiger charge is 2.24. The molecule has 0 aliphatic rings. The van der Waals surface area contributed by atoms with Gasteiger partial charge >= 0.3 is 0 Å². The lowest BCUT2D eigenvalue weighted by molar-refractivity contribution is 0.587. The van der Waals surface area contributed by atoms with Gasteiger partial charge in [-0.1, -0.05) is 17.7 Å². The molecule has 0 amide bonds. The quantitative estimate of drug-likeness (QED) is 0.879. The summed E-state index contributed by atoms with van der Waals surface area (Å²) in [6, 6.07) is 6.70. The van der Waals surface area contributed by atoms with E-state index in [9.17, 15) is 8.42 Å². The second-order valence-electron chi connectivity index (χ2n) is 3.98. The van der Waals surface area contributed by atoms with E-state index in [4.69, 9.17) is 0 Å². The molecular weight excluding hydrogens is 268 g/mol. The van der Waals surface area contributed by atoms with Gasteiger partial charge in [-0.15, -0.1) is 12.6 Å². The summed E-state index contributed by atoms with van der Waals surface area (Å²) in [6.45, 7) is 4.45. The zero-order chi connectivity index (χ0) is 13.3. The van der Waals surface area contributed by atoms with E-state index < -0.39 is 9.84 Å². The van der Waals surface area contributed by atoms with Crippen molar-refractivity contribution >= 4 is 22.5 Å². The third-order valence-corrected chi connectivity index (χ3v) is 5.02. The van der Waals surface area contributed by atoms with E-state index in [1.807, 2.05) is 13.8 Å². The SMILES string of the molecule is CCn1cnc(S(=O)(=O)c2ccc(C)cc2)c1S. The molecule has 2 aromatic rings. The third kappa shape index (κ3) is 2.18. The molecule has 96 valence electrons. The molecular formula is C12H14N2O2S2. The number of hydrogen-bond donors (Lipinski definition) is 1. The molecule has 0 fully saturated rings. The summed E-state index contributed by atoms with van der Waals surface area (Å²) in [5.41, 5.74) is 1.01. The molecule has 0 atom stereocenters. The van der Waals surface area contributed by atoms with Crippen LogP contribution in [0.4, 0.5) is 0 Å². The monoisotopic (exact) mass is 282 g/mol. The predicted molar refractivity (Wildman–Crippen MR) is 71.8 cm³/mol. The largest absolute Gasteiger partial charge is 0.325 e. The Bertz CT molecular complexity index is 658. The molecule has 0 N–H and O–H groups in total. The number of hydrogen-bond acceptors (Lipinski definition) is 4. The van der Waals surface area contributed by atoms with Gasteiger partial charge < -0.3 is 4.57 Å². The Morgan fingerprint density at radius 3 is 2.39 bits per heavy atom. The molecule has 0 aliphatic carbocycles. The summed E-state index contributed by atoms with van der Waals surface area (Å²) in [4.78, 5) is 4.20. The van der Waals surface area contributed by atoms with Crippen molar-refractivity contribution in [1.82, 2.24) is 9.55 Å². The minimum Gasteiger partial charge on any atom is -0.325 e. The molecule has 0 saturated heterocycles. The molecule has 1 aromatic carbocycles. The van der Waals surface area contributed by atoms with Crippen LogP contribution in [0.3, 0.4) is 0 Å². The van der Waals surface area contributed by atoms with Crippen molar-refractivity contribution in [1.29, 1.82) is 0 Å². The number of thiol groups is 1. The fourth-order valence-electron chi connectivity index (χ4n) is 1.61. The Morgan fingerprint density at radius 1 is 1.28 bits per heavy atom. The molecule has 0 aliphatic heterocycles. The summed E-state index contributed by atoms with van der Waals surface area (Å²) < 4.78 is 26.4. The minimum absolute atomic E-state index is 0.0107. The van der Waals surface area contributed by atoms with E-state index >= 15 is 0 Å². The lowest BCUT2D eigenvalue weighted by Crippen LogP contribution is -2.04. The second-order valence-corrected chi connectivity index (χ2v) is 6.26. The molecule has 0 bridgehead atoms. The highest BCUT2D eigenvalue weighted by atomic mass is 32.2. The first kappa shape index (κ1) is 13.2. The maximum Gasteiger partial charge on any atom is 0.226 e. The lowest BCUT2D eigenvalue weighted by atomic mass is 10.2. The van der Waals surface area contributed by atoms with Crippen molar-refractivity contribution in [3.8, 4) is 0 Å². The van der Waals surface area contributed by atoms with Gasteiger partial charge in [0.25, 0.3) is 0 Å². The maximum atomic E-state index is 12.4. The van der Waals surface area contributed by atoms with E-state index in [2.05, 4.69) is 17.6 Å². The summed E-state index contributed by atoms with van der Waals surface area (Å²) >= 11 is 4.23. The molecule has 1 heterocycles.